The molecule has 0 aromatic carbocycles. The summed E-state index contributed by atoms with van der Waals surface area (Å²) in [6.07, 6.45) is 7.06. The van der Waals surface area contributed by atoms with E-state index in [9.17, 15) is 17.8 Å². The van der Waals surface area contributed by atoms with Gasteiger partial charge in [-0.2, -0.15) is 0 Å². The summed E-state index contributed by atoms with van der Waals surface area (Å²) >= 11 is 0. The van der Waals surface area contributed by atoms with E-state index in [-0.39, 0.29) is 5.97 Å². The third-order valence-electron chi connectivity index (χ3n) is 2.58. The minimum absolute atomic E-state index is 0.139. The molecule has 1 heterocycles. The summed E-state index contributed by atoms with van der Waals surface area (Å²) in [7, 11) is -0.560. The molecule has 0 aliphatic carbocycles. The first-order valence-corrected chi connectivity index (χ1v) is 7.78. The van der Waals surface area contributed by atoms with E-state index in [2.05, 4.69) is 8.92 Å². The summed E-state index contributed by atoms with van der Waals surface area (Å²) in [4.78, 5) is 15.9. The third kappa shape index (κ3) is 11.0. The minimum Gasteiger partial charge on any atom is -0.726 e. The lowest BCUT2D eigenvalue weighted by molar-refractivity contribution is -0.885. The number of pyridine rings is 1. The van der Waals surface area contributed by atoms with Crippen molar-refractivity contribution in [3.63, 3.8) is 0 Å². The summed E-state index contributed by atoms with van der Waals surface area (Å²) in [6.45, 7) is 0. The topological polar surface area (TPSA) is 106 Å². The number of aryl methyl sites for hydroxylation is 1. The SMILES string of the molecule is COC(=O)CCCCc1ccc[n+](OC)c1.COS(=O)(=O)[O-]. The van der Waals surface area contributed by atoms with Gasteiger partial charge in [-0.15, -0.1) is 0 Å². The highest BCUT2D eigenvalue weighted by molar-refractivity contribution is 7.80. The number of rotatable bonds is 7. The van der Waals surface area contributed by atoms with Gasteiger partial charge in [0.15, 0.2) is 0 Å². The molecule has 8 nitrogen and oxygen atoms in total. The molecule has 0 radical (unpaired) electrons. The average molecular weight is 335 g/mol. The lowest BCUT2D eigenvalue weighted by Crippen LogP contribution is -2.39. The maximum atomic E-state index is 10.9. The minimum atomic E-state index is -4.41. The predicted octanol–water partition coefficient (Wildman–Crippen LogP) is 0.0113. The number of aromatic nitrogens is 1. The van der Waals surface area contributed by atoms with Gasteiger partial charge in [-0.05, 0) is 25.3 Å². The number of nitrogens with zero attached hydrogens (tertiary/aromatic N) is 1. The second-order valence-electron chi connectivity index (χ2n) is 4.11. The molecule has 0 saturated heterocycles. The molecule has 1 rings (SSSR count). The van der Waals surface area contributed by atoms with Gasteiger partial charge in [0.2, 0.25) is 22.8 Å². The summed E-state index contributed by atoms with van der Waals surface area (Å²) in [5.74, 6) is -0.139. The highest BCUT2D eigenvalue weighted by atomic mass is 32.3. The Bertz CT molecular complexity index is 545. The van der Waals surface area contributed by atoms with Crippen molar-refractivity contribution in [2.45, 2.75) is 25.7 Å². The van der Waals surface area contributed by atoms with Crippen LogP contribution in [0.1, 0.15) is 24.8 Å². The number of carbonyl (C=O) groups excluding carboxylic acids is 1. The normalized spacial score (nSPS) is 10.4. The van der Waals surface area contributed by atoms with E-state index >= 15 is 0 Å². The first kappa shape index (κ1) is 20.3. The average Bonchev–Trinajstić information content (AvgIpc) is 2.51. The fraction of sp³-hybridized carbons (Fsp3) is 0.538. The van der Waals surface area contributed by atoms with Crippen molar-refractivity contribution in [2.24, 2.45) is 0 Å². The fourth-order valence-electron chi connectivity index (χ4n) is 1.46. The zero-order chi connectivity index (χ0) is 17.0. The van der Waals surface area contributed by atoms with Gasteiger partial charge in [-0.1, -0.05) is 0 Å². The van der Waals surface area contributed by atoms with Gasteiger partial charge in [0.05, 0.1) is 14.2 Å². The van der Waals surface area contributed by atoms with Crippen LogP contribution < -0.4 is 9.57 Å². The van der Waals surface area contributed by atoms with E-state index < -0.39 is 10.4 Å². The molecule has 0 N–H and O–H groups in total. The van der Waals surface area contributed by atoms with Gasteiger partial charge in [-0.25, -0.2) is 8.42 Å². The van der Waals surface area contributed by atoms with Crippen molar-refractivity contribution < 1.29 is 36.3 Å². The number of ether oxygens (including phenoxy) is 1. The number of hydrogen-bond donors (Lipinski definition) is 0. The quantitative estimate of drug-likeness (QED) is 0.227. The molecular weight excluding hydrogens is 314 g/mol. The van der Waals surface area contributed by atoms with Gasteiger partial charge < -0.3 is 9.29 Å². The molecule has 0 atom stereocenters. The molecule has 22 heavy (non-hydrogen) atoms. The Morgan fingerprint density at radius 3 is 2.41 bits per heavy atom. The number of hydrogen-bond acceptors (Lipinski definition) is 7. The maximum absolute atomic E-state index is 10.9. The van der Waals surface area contributed by atoms with Crippen LogP contribution >= 0.6 is 0 Å². The van der Waals surface area contributed by atoms with Gasteiger partial charge in [0.25, 0.3) is 0 Å². The van der Waals surface area contributed by atoms with Gasteiger partial charge in [0, 0.05) is 22.8 Å². The largest absolute Gasteiger partial charge is 0.726 e. The van der Waals surface area contributed by atoms with Crippen LogP contribution in [0.4, 0.5) is 0 Å². The van der Waals surface area contributed by atoms with E-state index in [4.69, 9.17) is 4.84 Å². The van der Waals surface area contributed by atoms with E-state index in [0.717, 1.165) is 26.4 Å². The Morgan fingerprint density at radius 1 is 1.27 bits per heavy atom. The van der Waals surface area contributed by atoms with Crippen molar-refractivity contribution >= 4 is 16.4 Å². The fourth-order valence-corrected chi connectivity index (χ4v) is 1.46. The van der Waals surface area contributed by atoms with Crippen molar-refractivity contribution in [2.75, 3.05) is 21.3 Å². The second-order valence-corrected chi connectivity index (χ2v) is 5.26. The molecule has 0 amide bonds. The lowest BCUT2D eigenvalue weighted by Gasteiger charge is -2.00. The zero-order valence-electron chi connectivity index (χ0n) is 12.9. The summed E-state index contributed by atoms with van der Waals surface area (Å²) < 4.78 is 37.3. The maximum Gasteiger partial charge on any atom is 0.305 e. The van der Waals surface area contributed by atoms with Crippen LogP contribution in [0.5, 0.6) is 0 Å². The highest BCUT2D eigenvalue weighted by Crippen LogP contribution is 2.04. The smallest absolute Gasteiger partial charge is 0.305 e. The Balaban J connectivity index is 0.000000626. The van der Waals surface area contributed by atoms with E-state index in [1.165, 1.54) is 12.7 Å². The molecule has 0 spiro atoms. The molecule has 0 fully saturated rings. The van der Waals surface area contributed by atoms with Crippen LogP contribution in [0.3, 0.4) is 0 Å². The Kier molecular flexibility index (Phi) is 10.1. The second kappa shape index (κ2) is 10.9. The van der Waals surface area contributed by atoms with E-state index in [0.29, 0.717) is 6.42 Å². The monoisotopic (exact) mass is 335 g/mol. The van der Waals surface area contributed by atoms with Gasteiger partial charge in [-0.3, -0.25) is 13.8 Å². The third-order valence-corrected chi connectivity index (χ3v) is 2.98. The number of carbonyl (C=O) groups is 1. The zero-order valence-corrected chi connectivity index (χ0v) is 13.7. The standard InChI is InChI=1S/C12H18NO3.CH4O4S/c1-15-12(14)8-4-3-6-11-7-5-9-13(10-11)16-2;1-5-6(2,3)4/h5,7,9-10H,3-4,6,8H2,1-2H3;1H3,(H,2,3,4)/q+1;/p-1. The van der Waals surface area contributed by atoms with Crippen LogP contribution in [-0.2, 0) is 30.5 Å². The molecule has 0 aliphatic heterocycles. The Labute approximate surface area is 130 Å². The number of esters is 1. The lowest BCUT2D eigenvalue weighted by atomic mass is 10.1. The molecule has 1 aromatic heterocycles. The van der Waals surface area contributed by atoms with Crippen molar-refractivity contribution in [1.29, 1.82) is 0 Å². The van der Waals surface area contributed by atoms with Crippen molar-refractivity contribution in [1.82, 2.24) is 0 Å². The van der Waals surface area contributed by atoms with Crippen LogP contribution in [0.25, 0.3) is 0 Å². The summed E-state index contributed by atoms with van der Waals surface area (Å²) in [5, 5.41) is 0. The molecule has 126 valence electrons. The number of unbranched alkanes of at least 4 members (excludes halogenated alkanes) is 1. The van der Waals surface area contributed by atoms with Crippen LogP contribution in [-0.4, -0.2) is 40.3 Å². The molecule has 9 heteroatoms. The first-order valence-electron chi connectivity index (χ1n) is 6.45. The van der Waals surface area contributed by atoms with Gasteiger partial charge >= 0.3 is 5.97 Å². The first-order chi connectivity index (χ1) is 10.3. The van der Waals surface area contributed by atoms with Crippen LogP contribution in [0.15, 0.2) is 24.5 Å². The molecule has 0 aliphatic rings. The highest BCUT2D eigenvalue weighted by Gasteiger charge is 2.03. The van der Waals surface area contributed by atoms with Crippen molar-refractivity contribution in [3.8, 4) is 0 Å². The molecule has 1 aromatic rings. The van der Waals surface area contributed by atoms with E-state index in [1.54, 1.807) is 11.8 Å². The molecular formula is C13H21NO7S. The van der Waals surface area contributed by atoms with Gasteiger partial charge in [0.1, 0.15) is 7.11 Å². The van der Waals surface area contributed by atoms with E-state index in [1.807, 2.05) is 24.5 Å². The Hall–Kier alpha value is -1.71. The van der Waals surface area contributed by atoms with Crippen molar-refractivity contribution in [3.05, 3.63) is 30.1 Å². The Morgan fingerprint density at radius 2 is 1.91 bits per heavy atom. The van der Waals surface area contributed by atoms with Crippen LogP contribution in [0.2, 0.25) is 0 Å². The number of methoxy groups -OCH3 is 1. The molecule has 0 unspecified atom stereocenters. The molecule has 0 saturated carbocycles. The molecule has 0 bridgehead atoms. The van der Waals surface area contributed by atoms with Crippen LogP contribution in [0, 0.1) is 0 Å². The predicted molar refractivity (Wildman–Crippen MR) is 75.4 cm³/mol. The summed E-state index contributed by atoms with van der Waals surface area (Å²) in [5.41, 5.74) is 1.20. The summed E-state index contributed by atoms with van der Waals surface area (Å²) in [6, 6.07) is 3.99.